The van der Waals surface area contributed by atoms with Crippen LogP contribution in [0.3, 0.4) is 0 Å². The van der Waals surface area contributed by atoms with Crippen molar-refractivity contribution < 1.29 is 13.5 Å². The minimum absolute atomic E-state index is 0.192. The van der Waals surface area contributed by atoms with E-state index in [0.29, 0.717) is 18.3 Å². The van der Waals surface area contributed by atoms with Gasteiger partial charge < -0.3 is 15.4 Å². The first kappa shape index (κ1) is 14.4. The lowest BCUT2D eigenvalue weighted by Crippen LogP contribution is -2.14. The first-order valence-corrected chi connectivity index (χ1v) is 6.25. The topological polar surface area (TPSA) is 59.1 Å². The molecular formula is C13H16F2N4O. The molecule has 0 saturated heterocycles. The van der Waals surface area contributed by atoms with Gasteiger partial charge in [-0.3, -0.25) is 0 Å². The van der Waals surface area contributed by atoms with Crippen molar-refractivity contribution in [3.63, 3.8) is 0 Å². The molecule has 7 heteroatoms. The van der Waals surface area contributed by atoms with Crippen molar-refractivity contribution >= 4 is 22.7 Å². The van der Waals surface area contributed by atoms with Crippen molar-refractivity contribution in [1.82, 2.24) is 9.97 Å². The predicted octanol–water partition coefficient (Wildman–Crippen LogP) is 2.37. The third kappa shape index (κ3) is 3.74. The fraction of sp³-hybridized carbons (Fsp3) is 0.385. The molecule has 0 amide bonds. The minimum Gasteiger partial charge on any atom is -0.374 e. The Labute approximate surface area is 115 Å². The average molecular weight is 282 g/mol. The number of ether oxygens (including phenoxy) is 1. The number of rotatable bonds is 7. The van der Waals surface area contributed by atoms with Crippen LogP contribution in [0.2, 0.25) is 0 Å². The Balaban J connectivity index is 2.04. The van der Waals surface area contributed by atoms with E-state index in [1.54, 1.807) is 7.05 Å². The summed E-state index contributed by atoms with van der Waals surface area (Å²) in [4.78, 5) is 8.64. The highest BCUT2D eigenvalue weighted by atomic mass is 19.3. The maximum absolute atomic E-state index is 11.9. The highest BCUT2D eigenvalue weighted by Gasteiger charge is 2.06. The van der Waals surface area contributed by atoms with Gasteiger partial charge >= 0.3 is 0 Å². The molecule has 0 spiro atoms. The van der Waals surface area contributed by atoms with E-state index in [9.17, 15) is 8.78 Å². The van der Waals surface area contributed by atoms with E-state index in [-0.39, 0.29) is 6.61 Å². The van der Waals surface area contributed by atoms with Crippen molar-refractivity contribution in [2.24, 2.45) is 0 Å². The van der Waals surface area contributed by atoms with E-state index in [4.69, 9.17) is 4.74 Å². The number of fused-ring (bicyclic) bond motifs is 1. The lowest BCUT2D eigenvalue weighted by molar-refractivity contribution is 0.0215. The van der Waals surface area contributed by atoms with Gasteiger partial charge in [0.05, 0.1) is 12.1 Å². The molecule has 0 fully saturated rings. The van der Waals surface area contributed by atoms with Crippen LogP contribution in [-0.4, -0.2) is 43.2 Å². The summed E-state index contributed by atoms with van der Waals surface area (Å²) in [6, 6.07) is 7.57. The van der Waals surface area contributed by atoms with E-state index >= 15 is 0 Å². The number of hydrogen-bond acceptors (Lipinski definition) is 5. The fourth-order valence-corrected chi connectivity index (χ4v) is 1.74. The van der Waals surface area contributed by atoms with Crippen LogP contribution in [0.15, 0.2) is 24.3 Å². The normalized spacial score (nSPS) is 11.0. The Hall–Kier alpha value is -2.02. The second-order valence-corrected chi connectivity index (χ2v) is 4.06. The van der Waals surface area contributed by atoms with Crippen LogP contribution in [0.25, 0.3) is 10.9 Å². The molecule has 108 valence electrons. The Morgan fingerprint density at radius 2 is 2.05 bits per heavy atom. The van der Waals surface area contributed by atoms with Crippen molar-refractivity contribution in [2.45, 2.75) is 6.43 Å². The Kier molecular flexibility index (Phi) is 5.00. The van der Waals surface area contributed by atoms with Gasteiger partial charge in [0.15, 0.2) is 0 Å². The lowest BCUT2D eigenvalue weighted by Gasteiger charge is -2.10. The zero-order valence-electron chi connectivity index (χ0n) is 11.1. The molecule has 1 heterocycles. The quantitative estimate of drug-likeness (QED) is 0.763. The molecule has 2 rings (SSSR count). The van der Waals surface area contributed by atoms with E-state index < -0.39 is 13.0 Å². The van der Waals surface area contributed by atoms with E-state index in [0.717, 1.165) is 10.9 Å². The summed E-state index contributed by atoms with van der Waals surface area (Å²) >= 11 is 0. The number of anilines is 2. The van der Waals surface area contributed by atoms with Crippen LogP contribution in [-0.2, 0) is 4.74 Å². The van der Waals surface area contributed by atoms with E-state index in [2.05, 4.69) is 20.6 Å². The molecule has 1 aromatic carbocycles. The van der Waals surface area contributed by atoms with Gasteiger partial charge in [0.1, 0.15) is 12.4 Å². The minimum atomic E-state index is -2.44. The van der Waals surface area contributed by atoms with Crippen LogP contribution in [0, 0.1) is 0 Å². The van der Waals surface area contributed by atoms with Gasteiger partial charge in [0.2, 0.25) is 5.95 Å². The third-order valence-corrected chi connectivity index (χ3v) is 2.61. The van der Waals surface area contributed by atoms with Crippen LogP contribution in [0.4, 0.5) is 20.5 Å². The second-order valence-electron chi connectivity index (χ2n) is 4.06. The summed E-state index contributed by atoms with van der Waals surface area (Å²) in [7, 11) is 1.74. The van der Waals surface area contributed by atoms with E-state index in [1.807, 2.05) is 24.3 Å². The molecule has 20 heavy (non-hydrogen) atoms. The molecule has 0 aliphatic rings. The first-order valence-electron chi connectivity index (χ1n) is 6.25. The molecule has 5 nitrogen and oxygen atoms in total. The molecule has 0 radical (unpaired) electrons. The summed E-state index contributed by atoms with van der Waals surface area (Å²) < 4.78 is 28.6. The molecule has 1 aromatic heterocycles. The van der Waals surface area contributed by atoms with Gasteiger partial charge in [0.25, 0.3) is 6.43 Å². The van der Waals surface area contributed by atoms with Crippen LogP contribution >= 0.6 is 0 Å². The molecule has 0 saturated carbocycles. The van der Waals surface area contributed by atoms with Gasteiger partial charge in [-0.15, -0.1) is 0 Å². The molecule has 0 bridgehead atoms. The lowest BCUT2D eigenvalue weighted by atomic mass is 10.2. The summed E-state index contributed by atoms with van der Waals surface area (Å²) in [6.07, 6.45) is -2.44. The number of benzene rings is 1. The number of alkyl halides is 2. The smallest absolute Gasteiger partial charge is 0.261 e. The average Bonchev–Trinajstić information content (AvgIpc) is 2.46. The van der Waals surface area contributed by atoms with Crippen LogP contribution in [0.1, 0.15) is 0 Å². The third-order valence-electron chi connectivity index (χ3n) is 2.61. The van der Waals surface area contributed by atoms with Gasteiger partial charge in [-0.25, -0.2) is 13.8 Å². The molecular weight excluding hydrogens is 266 g/mol. The predicted molar refractivity (Wildman–Crippen MR) is 74.4 cm³/mol. The van der Waals surface area contributed by atoms with E-state index in [1.165, 1.54) is 0 Å². The number of hydrogen-bond donors (Lipinski definition) is 2. The highest BCUT2D eigenvalue weighted by Crippen LogP contribution is 2.21. The van der Waals surface area contributed by atoms with Gasteiger partial charge in [-0.2, -0.15) is 4.98 Å². The molecule has 0 aliphatic heterocycles. The highest BCUT2D eigenvalue weighted by molar-refractivity contribution is 5.89. The Morgan fingerprint density at radius 3 is 2.80 bits per heavy atom. The maximum atomic E-state index is 11.9. The summed E-state index contributed by atoms with van der Waals surface area (Å²) in [5, 5.41) is 6.83. The maximum Gasteiger partial charge on any atom is 0.261 e. The fourth-order valence-electron chi connectivity index (χ4n) is 1.74. The van der Waals surface area contributed by atoms with Crippen LogP contribution in [0.5, 0.6) is 0 Å². The van der Waals surface area contributed by atoms with Crippen molar-refractivity contribution in [2.75, 3.05) is 37.4 Å². The molecule has 0 aliphatic carbocycles. The largest absolute Gasteiger partial charge is 0.374 e. The number of nitrogens with zero attached hydrogens (tertiary/aromatic N) is 2. The van der Waals surface area contributed by atoms with Crippen molar-refractivity contribution in [3.05, 3.63) is 24.3 Å². The second kappa shape index (κ2) is 6.95. The molecule has 0 atom stereocenters. The van der Waals surface area contributed by atoms with Gasteiger partial charge in [0, 0.05) is 19.0 Å². The number of aromatic nitrogens is 2. The zero-order valence-corrected chi connectivity index (χ0v) is 11.1. The number of nitrogens with one attached hydrogen (secondary N) is 2. The van der Waals surface area contributed by atoms with Crippen LogP contribution < -0.4 is 10.6 Å². The Morgan fingerprint density at radius 1 is 1.25 bits per heavy atom. The first-order chi connectivity index (χ1) is 9.70. The van der Waals surface area contributed by atoms with Crippen molar-refractivity contribution in [3.8, 4) is 0 Å². The molecule has 2 aromatic rings. The standard InChI is InChI=1S/C13H16F2N4O/c1-16-13-18-10-5-3-2-4-9(10)12(19-13)17-6-7-20-8-11(14)15/h2-5,11H,6-8H2,1H3,(H2,16,17,18,19). The monoisotopic (exact) mass is 282 g/mol. The summed E-state index contributed by atoms with van der Waals surface area (Å²) in [5.41, 5.74) is 0.808. The number of para-hydroxylation sites is 1. The Bertz CT molecular complexity index is 565. The van der Waals surface area contributed by atoms with Gasteiger partial charge in [-0.05, 0) is 12.1 Å². The SMILES string of the molecule is CNc1nc(NCCOCC(F)F)c2ccccc2n1. The summed E-state index contributed by atoms with van der Waals surface area (Å²) in [5.74, 6) is 1.15. The van der Waals surface area contributed by atoms with Crippen molar-refractivity contribution in [1.29, 1.82) is 0 Å². The van der Waals surface area contributed by atoms with Gasteiger partial charge in [-0.1, -0.05) is 12.1 Å². The summed E-state index contributed by atoms with van der Waals surface area (Å²) in [6.45, 7) is 0.0441. The number of halogens is 2. The molecule has 2 N–H and O–H groups in total. The zero-order chi connectivity index (χ0) is 14.4. The molecule has 0 unspecified atom stereocenters.